The number of benzene rings is 2. The van der Waals surface area contributed by atoms with Crippen molar-refractivity contribution >= 4 is 23.3 Å². The highest BCUT2D eigenvalue weighted by atomic mass is 16.5. The summed E-state index contributed by atoms with van der Waals surface area (Å²) in [6, 6.07) is 13.4. The molecule has 6 nitrogen and oxygen atoms in total. The van der Waals surface area contributed by atoms with Crippen molar-refractivity contribution in [2.45, 2.75) is 25.7 Å². The van der Waals surface area contributed by atoms with Crippen LogP contribution in [0.4, 0.5) is 5.69 Å². The van der Waals surface area contributed by atoms with E-state index in [0.717, 1.165) is 0 Å². The summed E-state index contributed by atoms with van der Waals surface area (Å²) >= 11 is 0. The maximum atomic E-state index is 12.1. The highest BCUT2D eigenvalue weighted by Crippen LogP contribution is 2.20. The van der Waals surface area contributed by atoms with Crippen LogP contribution in [0.1, 0.15) is 41.6 Å². The van der Waals surface area contributed by atoms with E-state index in [2.05, 4.69) is 5.32 Å². The average Bonchev–Trinajstić information content (AvgIpc) is 2.65. The first-order valence-electron chi connectivity index (χ1n) is 8.20. The fourth-order valence-corrected chi connectivity index (χ4v) is 2.40. The molecule has 2 N–H and O–H groups in total. The first-order chi connectivity index (χ1) is 12.4. The number of ether oxygens (including phenoxy) is 1. The van der Waals surface area contributed by atoms with E-state index in [1.54, 1.807) is 62.6 Å². The van der Waals surface area contributed by atoms with Crippen molar-refractivity contribution in [1.82, 2.24) is 0 Å². The number of anilines is 1. The lowest BCUT2D eigenvalue weighted by molar-refractivity contribution is -0.138. The molecular formula is C20H21NO5. The number of ketones is 1. The molecule has 0 radical (unpaired) electrons. The lowest BCUT2D eigenvalue weighted by atomic mass is 10.0. The average molecular weight is 355 g/mol. The quantitative estimate of drug-likeness (QED) is 0.707. The Labute approximate surface area is 151 Å². The molecule has 0 fully saturated rings. The maximum Gasteiger partial charge on any atom is 0.310 e. The van der Waals surface area contributed by atoms with Crippen molar-refractivity contribution in [3.05, 3.63) is 59.7 Å². The molecular weight excluding hydrogens is 334 g/mol. The van der Waals surface area contributed by atoms with Crippen molar-refractivity contribution in [1.29, 1.82) is 0 Å². The number of carbonyl (C=O) groups is 3. The van der Waals surface area contributed by atoms with Crippen LogP contribution in [0.3, 0.4) is 0 Å². The van der Waals surface area contributed by atoms with E-state index in [-0.39, 0.29) is 24.5 Å². The number of carboxylic acid groups (broad SMARTS) is 1. The van der Waals surface area contributed by atoms with Gasteiger partial charge in [-0.1, -0.05) is 12.1 Å². The third kappa shape index (κ3) is 5.17. The second-order valence-electron chi connectivity index (χ2n) is 5.89. The standard InChI is InChI=1S/C20H21NO5/c1-13(20(24)25)15-4-3-5-16(12-15)21-19(23)11-10-18(22)14-6-8-17(26-2)9-7-14/h3-9,12-13H,10-11H2,1-2H3,(H,21,23)(H,24,25). The van der Waals surface area contributed by atoms with Crippen LogP contribution in [-0.2, 0) is 9.59 Å². The molecule has 136 valence electrons. The number of hydrogen-bond donors (Lipinski definition) is 2. The van der Waals surface area contributed by atoms with E-state index in [1.807, 2.05) is 0 Å². The predicted molar refractivity (Wildman–Crippen MR) is 97.7 cm³/mol. The molecule has 0 aliphatic rings. The first kappa shape index (κ1) is 19.2. The summed E-state index contributed by atoms with van der Waals surface area (Å²) in [5, 5.41) is 11.8. The summed E-state index contributed by atoms with van der Waals surface area (Å²) in [5.41, 5.74) is 1.64. The minimum Gasteiger partial charge on any atom is -0.497 e. The smallest absolute Gasteiger partial charge is 0.310 e. The zero-order valence-electron chi connectivity index (χ0n) is 14.7. The van der Waals surface area contributed by atoms with Crippen LogP contribution in [-0.4, -0.2) is 29.9 Å². The van der Waals surface area contributed by atoms with Crippen LogP contribution < -0.4 is 10.1 Å². The molecule has 0 aromatic heterocycles. The number of amides is 1. The third-order valence-electron chi connectivity index (χ3n) is 4.03. The number of methoxy groups -OCH3 is 1. The highest BCUT2D eigenvalue weighted by molar-refractivity contribution is 6.00. The molecule has 0 saturated heterocycles. The number of hydrogen-bond acceptors (Lipinski definition) is 4. The van der Waals surface area contributed by atoms with Crippen LogP contribution >= 0.6 is 0 Å². The van der Waals surface area contributed by atoms with E-state index in [9.17, 15) is 14.4 Å². The summed E-state index contributed by atoms with van der Waals surface area (Å²) < 4.78 is 5.04. The van der Waals surface area contributed by atoms with Crippen LogP contribution in [0.2, 0.25) is 0 Å². The molecule has 2 rings (SSSR count). The third-order valence-corrected chi connectivity index (χ3v) is 4.03. The Bertz CT molecular complexity index is 798. The number of rotatable bonds is 8. The van der Waals surface area contributed by atoms with E-state index in [4.69, 9.17) is 9.84 Å². The Kier molecular flexibility index (Phi) is 6.49. The summed E-state index contributed by atoms with van der Waals surface area (Å²) in [6.07, 6.45) is 0.132. The first-order valence-corrected chi connectivity index (χ1v) is 8.20. The Hall–Kier alpha value is -3.15. The van der Waals surface area contributed by atoms with Gasteiger partial charge in [-0.05, 0) is 48.9 Å². The molecule has 0 aliphatic carbocycles. The predicted octanol–water partition coefficient (Wildman–Crippen LogP) is 3.48. The summed E-state index contributed by atoms with van der Waals surface area (Å²) in [6.45, 7) is 1.58. The van der Waals surface area contributed by atoms with Gasteiger partial charge >= 0.3 is 5.97 Å². The molecule has 0 aliphatic heterocycles. The number of carbonyl (C=O) groups excluding carboxylic acids is 2. The molecule has 6 heteroatoms. The number of Topliss-reactive ketones (excluding diaryl/α,β-unsaturated/α-hetero) is 1. The van der Waals surface area contributed by atoms with Crippen LogP contribution in [0.5, 0.6) is 5.75 Å². The second kappa shape index (κ2) is 8.80. The van der Waals surface area contributed by atoms with Gasteiger partial charge in [-0.25, -0.2) is 0 Å². The van der Waals surface area contributed by atoms with Gasteiger partial charge in [0.15, 0.2) is 5.78 Å². The molecule has 1 unspecified atom stereocenters. The fourth-order valence-electron chi connectivity index (χ4n) is 2.40. The Morgan fingerprint density at radius 3 is 2.38 bits per heavy atom. The normalized spacial score (nSPS) is 11.5. The SMILES string of the molecule is COc1ccc(C(=O)CCC(=O)Nc2cccc(C(C)C(=O)O)c2)cc1. The zero-order valence-corrected chi connectivity index (χ0v) is 14.7. The van der Waals surface area contributed by atoms with E-state index >= 15 is 0 Å². The van der Waals surface area contributed by atoms with Crippen molar-refractivity contribution in [3.8, 4) is 5.75 Å². The lowest BCUT2D eigenvalue weighted by Crippen LogP contribution is -2.14. The molecule has 0 bridgehead atoms. The molecule has 1 amide bonds. The van der Waals surface area contributed by atoms with Crippen molar-refractivity contribution in [3.63, 3.8) is 0 Å². The lowest BCUT2D eigenvalue weighted by Gasteiger charge is -2.10. The van der Waals surface area contributed by atoms with Gasteiger partial charge in [-0.15, -0.1) is 0 Å². The van der Waals surface area contributed by atoms with Gasteiger partial charge in [0.2, 0.25) is 5.91 Å². The van der Waals surface area contributed by atoms with Gasteiger partial charge in [0, 0.05) is 24.1 Å². The number of carboxylic acids is 1. The topological polar surface area (TPSA) is 92.7 Å². The van der Waals surface area contributed by atoms with Gasteiger partial charge < -0.3 is 15.2 Å². The van der Waals surface area contributed by atoms with Gasteiger partial charge in [-0.3, -0.25) is 14.4 Å². The second-order valence-corrected chi connectivity index (χ2v) is 5.89. The van der Waals surface area contributed by atoms with Gasteiger partial charge in [0.1, 0.15) is 5.75 Å². The van der Waals surface area contributed by atoms with Gasteiger partial charge in [-0.2, -0.15) is 0 Å². The zero-order chi connectivity index (χ0) is 19.1. The molecule has 0 spiro atoms. The van der Waals surface area contributed by atoms with Crippen molar-refractivity contribution < 1.29 is 24.2 Å². The summed E-state index contributed by atoms with van der Waals surface area (Å²) in [4.78, 5) is 35.3. The molecule has 26 heavy (non-hydrogen) atoms. The van der Waals surface area contributed by atoms with E-state index in [1.165, 1.54) is 0 Å². The van der Waals surface area contributed by atoms with Crippen molar-refractivity contribution in [2.75, 3.05) is 12.4 Å². The summed E-state index contributed by atoms with van der Waals surface area (Å²) in [7, 11) is 1.55. The molecule has 0 saturated carbocycles. The maximum absolute atomic E-state index is 12.1. The number of aliphatic carboxylic acids is 1. The molecule has 1 atom stereocenters. The van der Waals surface area contributed by atoms with Crippen LogP contribution in [0, 0.1) is 0 Å². The summed E-state index contributed by atoms with van der Waals surface area (Å²) in [5.74, 6) is -1.36. The minimum absolute atomic E-state index is 0.0452. The Morgan fingerprint density at radius 1 is 1.08 bits per heavy atom. The van der Waals surface area contributed by atoms with Gasteiger partial charge in [0.25, 0.3) is 0 Å². The van der Waals surface area contributed by atoms with Crippen LogP contribution in [0.25, 0.3) is 0 Å². The van der Waals surface area contributed by atoms with Crippen molar-refractivity contribution in [2.24, 2.45) is 0 Å². The monoisotopic (exact) mass is 355 g/mol. The highest BCUT2D eigenvalue weighted by Gasteiger charge is 2.14. The van der Waals surface area contributed by atoms with Gasteiger partial charge in [0.05, 0.1) is 13.0 Å². The number of nitrogens with one attached hydrogen (secondary N) is 1. The molecule has 2 aromatic rings. The Balaban J connectivity index is 1.91. The van der Waals surface area contributed by atoms with E-state index < -0.39 is 11.9 Å². The Morgan fingerprint density at radius 2 is 1.77 bits per heavy atom. The largest absolute Gasteiger partial charge is 0.497 e. The molecule has 0 heterocycles. The molecule has 2 aromatic carbocycles. The van der Waals surface area contributed by atoms with Crippen LogP contribution in [0.15, 0.2) is 48.5 Å². The minimum atomic E-state index is -0.932. The van der Waals surface area contributed by atoms with E-state index in [0.29, 0.717) is 22.6 Å². The fraction of sp³-hybridized carbons (Fsp3) is 0.250.